The van der Waals surface area contributed by atoms with Crippen molar-refractivity contribution >= 4 is 17.8 Å². The summed E-state index contributed by atoms with van der Waals surface area (Å²) < 4.78 is 5.68. The van der Waals surface area contributed by atoms with Gasteiger partial charge >= 0.3 is 6.03 Å². The summed E-state index contributed by atoms with van der Waals surface area (Å²) in [6.45, 7) is 1.49. The first-order chi connectivity index (χ1) is 11.2. The highest BCUT2D eigenvalue weighted by atomic mass is 32.2. The number of nitrogens with zero attached hydrogens (tertiary/aromatic N) is 1. The normalized spacial score (nSPS) is 24.3. The number of phenolic OH excluding ortho intramolecular Hbond substituents is 1. The van der Waals surface area contributed by atoms with Crippen LogP contribution in [0.1, 0.15) is 31.2 Å². The average Bonchev–Trinajstić information content (AvgIpc) is 2.77. The first-order valence-electron chi connectivity index (χ1n) is 8.20. The van der Waals surface area contributed by atoms with Gasteiger partial charge in [-0.1, -0.05) is 12.8 Å². The summed E-state index contributed by atoms with van der Waals surface area (Å²) in [7, 11) is 0. The fraction of sp³-hybridized carbons (Fsp3) is 0.588. The van der Waals surface area contributed by atoms with Crippen LogP contribution in [0.15, 0.2) is 18.2 Å². The van der Waals surface area contributed by atoms with Crippen molar-refractivity contribution < 1.29 is 14.6 Å². The minimum absolute atomic E-state index is 0.0317. The number of ether oxygens (including phenoxy) is 1. The maximum absolute atomic E-state index is 12.7. The summed E-state index contributed by atoms with van der Waals surface area (Å²) in [6.07, 6.45) is 6.78. The number of thioether (sulfide) groups is 1. The number of rotatable bonds is 2. The van der Waals surface area contributed by atoms with Crippen LogP contribution in [0.4, 0.5) is 4.79 Å². The number of hydrogen-bond acceptors (Lipinski definition) is 4. The number of aromatic hydroxyl groups is 1. The van der Waals surface area contributed by atoms with Crippen LogP contribution < -0.4 is 10.1 Å². The third kappa shape index (κ3) is 3.86. The van der Waals surface area contributed by atoms with E-state index in [9.17, 15) is 9.90 Å². The molecule has 126 valence electrons. The molecule has 0 spiro atoms. The van der Waals surface area contributed by atoms with E-state index >= 15 is 0 Å². The molecule has 1 aliphatic heterocycles. The molecule has 1 fully saturated rings. The Labute approximate surface area is 141 Å². The van der Waals surface area contributed by atoms with Crippen LogP contribution >= 0.6 is 11.8 Å². The van der Waals surface area contributed by atoms with Crippen LogP contribution in [0.2, 0.25) is 0 Å². The van der Waals surface area contributed by atoms with Gasteiger partial charge in [-0.15, -0.1) is 0 Å². The summed E-state index contributed by atoms with van der Waals surface area (Å²) in [5.74, 6) is 0.946. The van der Waals surface area contributed by atoms with Crippen molar-refractivity contribution in [1.29, 1.82) is 0 Å². The maximum atomic E-state index is 12.7. The Morgan fingerprint density at radius 3 is 3.04 bits per heavy atom. The van der Waals surface area contributed by atoms with Crippen LogP contribution in [0.5, 0.6) is 11.5 Å². The Hall–Kier alpha value is -1.56. The lowest BCUT2D eigenvalue weighted by molar-refractivity contribution is 0.181. The van der Waals surface area contributed by atoms with Gasteiger partial charge in [0.2, 0.25) is 0 Å². The number of urea groups is 1. The summed E-state index contributed by atoms with van der Waals surface area (Å²) in [5.41, 5.74) is 0.850. The SMILES string of the molecule is CS[C@@H]1CCCC[C@H]1NC(=O)N1CCOc2ccc(O)cc2C1. The second kappa shape index (κ2) is 7.34. The van der Waals surface area contributed by atoms with Gasteiger partial charge in [0.15, 0.2) is 0 Å². The molecular weight excluding hydrogens is 312 g/mol. The minimum Gasteiger partial charge on any atom is -0.508 e. The van der Waals surface area contributed by atoms with Crippen LogP contribution in [0.25, 0.3) is 0 Å². The van der Waals surface area contributed by atoms with Crippen LogP contribution in [-0.4, -0.2) is 46.7 Å². The third-order valence-electron chi connectivity index (χ3n) is 4.63. The second-order valence-electron chi connectivity index (χ2n) is 6.18. The standard InChI is InChI=1S/C17H24N2O3S/c1-23-16-5-3-2-4-14(16)18-17(21)19-8-9-22-15-7-6-13(20)10-12(15)11-19/h6-7,10,14,16,20H,2-5,8-9,11H2,1H3,(H,18,21)/t14-,16-/m1/s1. The molecule has 23 heavy (non-hydrogen) atoms. The van der Waals surface area contributed by atoms with Crippen LogP contribution in [0, 0.1) is 0 Å². The molecule has 3 rings (SSSR count). The number of carbonyl (C=O) groups excluding carboxylic acids is 1. The molecule has 2 atom stereocenters. The molecule has 1 saturated carbocycles. The van der Waals surface area contributed by atoms with E-state index in [2.05, 4.69) is 11.6 Å². The quantitative estimate of drug-likeness (QED) is 0.872. The minimum atomic E-state index is -0.0317. The van der Waals surface area contributed by atoms with Crippen molar-refractivity contribution in [2.24, 2.45) is 0 Å². The molecule has 1 heterocycles. The van der Waals surface area contributed by atoms with Crippen molar-refractivity contribution in [3.05, 3.63) is 23.8 Å². The molecule has 1 aromatic rings. The molecule has 5 nitrogen and oxygen atoms in total. The highest BCUT2D eigenvalue weighted by molar-refractivity contribution is 7.99. The molecule has 2 amide bonds. The molecule has 1 aromatic carbocycles. The van der Waals surface area contributed by atoms with Crippen LogP contribution in [-0.2, 0) is 6.54 Å². The first kappa shape index (κ1) is 16.3. The Morgan fingerprint density at radius 2 is 2.22 bits per heavy atom. The zero-order valence-electron chi connectivity index (χ0n) is 13.5. The zero-order valence-corrected chi connectivity index (χ0v) is 14.3. The van der Waals surface area contributed by atoms with E-state index in [1.54, 1.807) is 23.1 Å². The molecule has 0 unspecified atom stereocenters. The van der Waals surface area contributed by atoms with Gasteiger partial charge in [-0.25, -0.2) is 4.79 Å². The maximum Gasteiger partial charge on any atom is 0.318 e. The Balaban J connectivity index is 1.67. The highest BCUT2D eigenvalue weighted by Crippen LogP contribution is 2.29. The summed E-state index contributed by atoms with van der Waals surface area (Å²) in [5, 5.41) is 13.4. The average molecular weight is 336 g/mol. The highest BCUT2D eigenvalue weighted by Gasteiger charge is 2.28. The van der Waals surface area contributed by atoms with E-state index in [4.69, 9.17) is 4.74 Å². The molecule has 0 saturated heterocycles. The summed E-state index contributed by atoms with van der Waals surface area (Å²) in [4.78, 5) is 14.4. The van der Waals surface area contributed by atoms with Gasteiger partial charge in [-0.05, 0) is 37.3 Å². The topological polar surface area (TPSA) is 61.8 Å². The summed E-state index contributed by atoms with van der Waals surface area (Å²) in [6, 6.07) is 5.26. The van der Waals surface area contributed by atoms with Crippen molar-refractivity contribution in [2.75, 3.05) is 19.4 Å². The molecular formula is C17H24N2O3S. The van der Waals surface area contributed by atoms with Gasteiger partial charge in [0.25, 0.3) is 0 Å². The van der Waals surface area contributed by atoms with Gasteiger partial charge in [0, 0.05) is 16.9 Å². The predicted octanol–water partition coefficient (Wildman–Crippen LogP) is 2.97. The van der Waals surface area contributed by atoms with Crippen molar-refractivity contribution in [3.63, 3.8) is 0 Å². The van der Waals surface area contributed by atoms with E-state index in [1.165, 1.54) is 19.3 Å². The largest absolute Gasteiger partial charge is 0.508 e. The fourth-order valence-corrected chi connectivity index (χ4v) is 4.28. The number of carbonyl (C=O) groups is 1. The number of fused-ring (bicyclic) bond motifs is 1. The van der Waals surface area contributed by atoms with E-state index in [-0.39, 0.29) is 17.8 Å². The van der Waals surface area contributed by atoms with Crippen molar-refractivity contribution in [1.82, 2.24) is 10.2 Å². The van der Waals surface area contributed by atoms with E-state index in [1.807, 2.05) is 11.8 Å². The lowest BCUT2D eigenvalue weighted by Gasteiger charge is -2.33. The lowest BCUT2D eigenvalue weighted by Crippen LogP contribution is -2.49. The van der Waals surface area contributed by atoms with Gasteiger partial charge < -0.3 is 20.1 Å². The molecule has 0 aromatic heterocycles. The molecule has 1 aliphatic carbocycles. The molecule has 0 bridgehead atoms. The number of amides is 2. The van der Waals surface area contributed by atoms with Crippen LogP contribution in [0.3, 0.4) is 0 Å². The van der Waals surface area contributed by atoms with Crippen molar-refractivity contribution in [2.45, 2.75) is 43.5 Å². The smallest absolute Gasteiger partial charge is 0.318 e. The van der Waals surface area contributed by atoms with E-state index < -0.39 is 0 Å². The van der Waals surface area contributed by atoms with Gasteiger partial charge in [-0.2, -0.15) is 11.8 Å². The number of phenols is 1. The zero-order chi connectivity index (χ0) is 16.2. The molecule has 2 aliphatic rings. The predicted molar refractivity (Wildman–Crippen MR) is 92.1 cm³/mol. The number of nitrogens with one attached hydrogen (secondary N) is 1. The van der Waals surface area contributed by atoms with Crippen molar-refractivity contribution in [3.8, 4) is 11.5 Å². The van der Waals surface area contributed by atoms with Gasteiger partial charge in [0.1, 0.15) is 18.1 Å². The van der Waals surface area contributed by atoms with E-state index in [0.717, 1.165) is 17.7 Å². The fourth-order valence-electron chi connectivity index (χ4n) is 3.35. The first-order valence-corrected chi connectivity index (χ1v) is 9.49. The monoisotopic (exact) mass is 336 g/mol. The Morgan fingerprint density at radius 1 is 1.39 bits per heavy atom. The lowest BCUT2D eigenvalue weighted by atomic mass is 9.95. The number of benzene rings is 1. The molecule has 0 radical (unpaired) electrons. The van der Waals surface area contributed by atoms with Gasteiger partial charge in [-0.3, -0.25) is 0 Å². The van der Waals surface area contributed by atoms with E-state index in [0.29, 0.717) is 24.9 Å². The summed E-state index contributed by atoms with van der Waals surface area (Å²) >= 11 is 1.85. The second-order valence-corrected chi connectivity index (χ2v) is 7.25. The Bertz CT molecular complexity index is 567. The number of hydrogen-bond donors (Lipinski definition) is 2. The third-order valence-corrected chi connectivity index (χ3v) is 5.80. The molecule has 6 heteroatoms. The Kier molecular flexibility index (Phi) is 5.20. The molecule has 2 N–H and O–H groups in total. The van der Waals surface area contributed by atoms with Gasteiger partial charge in [0.05, 0.1) is 13.1 Å².